The molecule has 1 amide bonds. The van der Waals surface area contributed by atoms with Gasteiger partial charge >= 0.3 is 0 Å². The van der Waals surface area contributed by atoms with Crippen molar-refractivity contribution in [1.29, 1.82) is 0 Å². The van der Waals surface area contributed by atoms with Crippen LogP contribution in [0, 0.1) is 0 Å². The van der Waals surface area contributed by atoms with Crippen molar-refractivity contribution in [3.05, 3.63) is 81.3 Å². The summed E-state index contributed by atoms with van der Waals surface area (Å²) >= 11 is 7.86. The summed E-state index contributed by atoms with van der Waals surface area (Å²) in [6.07, 6.45) is 2.05. The summed E-state index contributed by atoms with van der Waals surface area (Å²) in [5.74, 6) is 0.138. The third-order valence-corrected chi connectivity index (χ3v) is 6.65. The van der Waals surface area contributed by atoms with Gasteiger partial charge < -0.3 is 9.47 Å². The monoisotopic (exact) mass is 397 g/mol. The Morgan fingerprint density at radius 3 is 2.74 bits per heavy atom. The molecule has 2 aromatic heterocycles. The second kappa shape index (κ2) is 6.82. The van der Waals surface area contributed by atoms with Gasteiger partial charge in [-0.2, -0.15) is 0 Å². The second-order valence-corrected chi connectivity index (χ2v) is 8.74. The average Bonchev–Trinajstić information content (AvgIpc) is 3.38. The first-order valence-electron chi connectivity index (χ1n) is 9.16. The van der Waals surface area contributed by atoms with Crippen LogP contribution in [0.3, 0.4) is 0 Å². The van der Waals surface area contributed by atoms with E-state index >= 15 is 0 Å². The van der Waals surface area contributed by atoms with E-state index in [1.54, 1.807) is 11.3 Å². The highest BCUT2D eigenvalue weighted by Crippen LogP contribution is 2.35. The number of rotatable bonds is 4. The molecule has 138 valence electrons. The maximum atomic E-state index is 13.1. The van der Waals surface area contributed by atoms with Gasteiger partial charge in [0, 0.05) is 35.7 Å². The Morgan fingerprint density at radius 1 is 1.04 bits per heavy atom. The zero-order chi connectivity index (χ0) is 18.4. The van der Waals surface area contributed by atoms with Crippen molar-refractivity contribution in [2.45, 2.75) is 25.2 Å². The van der Waals surface area contributed by atoms with E-state index < -0.39 is 0 Å². The quantitative estimate of drug-likeness (QED) is 0.657. The molecule has 2 aliphatic heterocycles. The Kier molecular flexibility index (Phi) is 4.31. The molecule has 0 bridgehead atoms. The molecule has 0 unspecified atom stereocenters. The zero-order valence-corrected chi connectivity index (χ0v) is 16.4. The lowest BCUT2D eigenvalue weighted by atomic mass is 10.1. The van der Waals surface area contributed by atoms with Crippen LogP contribution in [0.4, 0.5) is 0 Å². The summed E-state index contributed by atoms with van der Waals surface area (Å²) in [5.41, 5.74) is 2.02. The maximum absolute atomic E-state index is 13.1. The minimum absolute atomic E-state index is 0.138. The largest absolute Gasteiger partial charge is 0.337 e. The average molecular weight is 398 g/mol. The smallest absolute Gasteiger partial charge is 0.271 e. The lowest BCUT2D eigenvalue weighted by Gasteiger charge is -2.38. The van der Waals surface area contributed by atoms with Gasteiger partial charge in [0.25, 0.3) is 5.91 Å². The van der Waals surface area contributed by atoms with Crippen LogP contribution in [0.5, 0.6) is 0 Å². The summed E-state index contributed by atoms with van der Waals surface area (Å²) in [6.45, 7) is 3.36. The number of carbonyl (C=O) groups is 1. The van der Waals surface area contributed by atoms with Crippen LogP contribution in [0.1, 0.15) is 27.0 Å². The molecule has 6 heteroatoms. The van der Waals surface area contributed by atoms with Crippen molar-refractivity contribution < 1.29 is 4.79 Å². The predicted molar refractivity (Wildman–Crippen MR) is 108 cm³/mol. The maximum Gasteiger partial charge on any atom is 0.271 e. The fourth-order valence-electron chi connectivity index (χ4n) is 4.37. The highest BCUT2D eigenvalue weighted by molar-refractivity contribution is 7.09. The SMILES string of the molecule is O=C1c2cccn2[C@H]2CN(Cc3cccc(Cl)c3)C[C@@H]2N1Cc1cccs1. The van der Waals surface area contributed by atoms with Crippen molar-refractivity contribution >= 4 is 28.8 Å². The van der Waals surface area contributed by atoms with E-state index in [1.165, 1.54) is 10.4 Å². The summed E-state index contributed by atoms with van der Waals surface area (Å²) in [6, 6.07) is 16.6. The Labute approximate surface area is 167 Å². The Morgan fingerprint density at radius 2 is 1.93 bits per heavy atom. The molecule has 2 aliphatic rings. The number of hydrogen-bond acceptors (Lipinski definition) is 3. The number of carbonyl (C=O) groups excluding carboxylic acids is 1. The Bertz CT molecular complexity index is 967. The second-order valence-electron chi connectivity index (χ2n) is 7.27. The lowest BCUT2D eigenvalue weighted by Crippen LogP contribution is -2.49. The van der Waals surface area contributed by atoms with E-state index in [0.29, 0.717) is 12.6 Å². The number of nitrogens with zero attached hydrogens (tertiary/aromatic N) is 3. The number of hydrogen-bond donors (Lipinski definition) is 0. The van der Waals surface area contributed by atoms with Gasteiger partial charge in [-0.3, -0.25) is 9.69 Å². The summed E-state index contributed by atoms with van der Waals surface area (Å²) in [4.78, 5) is 18.9. The molecule has 2 atom stereocenters. The van der Waals surface area contributed by atoms with Crippen molar-refractivity contribution in [2.75, 3.05) is 13.1 Å². The molecule has 0 aliphatic carbocycles. The molecular formula is C21H20ClN3OS. The standard InChI is InChI=1S/C21H20ClN3OS/c22-16-5-1-4-15(10-16)11-23-13-19-20(14-23)25(12-17-6-3-9-27-17)21(26)18-7-2-8-24(18)19/h1-10,19-20H,11-14H2/t19-,20-/m0/s1. The topological polar surface area (TPSA) is 28.5 Å². The minimum Gasteiger partial charge on any atom is -0.337 e. The van der Waals surface area contributed by atoms with Crippen molar-refractivity contribution in [2.24, 2.45) is 0 Å². The van der Waals surface area contributed by atoms with Gasteiger partial charge in [0.2, 0.25) is 0 Å². The van der Waals surface area contributed by atoms with Crippen LogP contribution in [0.25, 0.3) is 0 Å². The van der Waals surface area contributed by atoms with Crippen LogP contribution in [0.2, 0.25) is 5.02 Å². The molecule has 0 N–H and O–H groups in total. The van der Waals surface area contributed by atoms with Crippen molar-refractivity contribution in [1.82, 2.24) is 14.4 Å². The molecule has 0 saturated carbocycles. The lowest BCUT2D eigenvalue weighted by molar-refractivity contribution is 0.0559. The van der Waals surface area contributed by atoms with E-state index in [0.717, 1.165) is 30.4 Å². The number of amides is 1. The van der Waals surface area contributed by atoms with Gasteiger partial charge in [0.15, 0.2) is 0 Å². The van der Waals surface area contributed by atoms with Crippen LogP contribution < -0.4 is 0 Å². The van der Waals surface area contributed by atoms with E-state index in [4.69, 9.17) is 11.6 Å². The fraction of sp³-hybridized carbons (Fsp3) is 0.286. The highest BCUT2D eigenvalue weighted by atomic mass is 35.5. The molecule has 5 rings (SSSR count). The zero-order valence-electron chi connectivity index (χ0n) is 14.8. The van der Waals surface area contributed by atoms with Gasteiger partial charge in [-0.25, -0.2) is 0 Å². The summed E-state index contributed by atoms with van der Waals surface area (Å²) in [5, 5.41) is 2.84. The first-order chi connectivity index (χ1) is 13.2. The van der Waals surface area contributed by atoms with Gasteiger partial charge in [-0.1, -0.05) is 29.8 Å². The molecule has 4 heterocycles. The molecule has 27 heavy (non-hydrogen) atoms. The molecule has 3 aromatic rings. The van der Waals surface area contributed by atoms with E-state index in [1.807, 2.05) is 30.3 Å². The van der Waals surface area contributed by atoms with Crippen molar-refractivity contribution in [3.8, 4) is 0 Å². The normalized spacial score (nSPS) is 22.1. The highest BCUT2D eigenvalue weighted by Gasteiger charge is 2.44. The molecule has 1 fully saturated rings. The third-order valence-electron chi connectivity index (χ3n) is 5.55. The number of benzene rings is 1. The Balaban J connectivity index is 1.43. The molecule has 1 aromatic carbocycles. The van der Waals surface area contributed by atoms with Crippen molar-refractivity contribution in [3.63, 3.8) is 0 Å². The fourth-order valence-corrected chi connectivity index (χ4v) is 5.29. The van der Waals surface area contributed by atoms with E-state index in [9.17, 15) is 4.79 Å². The third kappa shape index (κ3) is 3.10. The van der Waals surface area contributed by atoms with Gasteiger partial charge in [-0.05, 0) is 41.3 Å². The number of thiophene rings is 1. The number of fused-ring (bicyclic) bond motifs is 3. The first kappa shape index (κ1) is 17.0. The van der Waals surface area contributed by atoms with Gasteiger partial charge in [-0.15, -0.1) is 11.3 Å². The summed E-state index contributed by atoms with van der Waals surface area (Å²) < 4.78 is 2.18. The molecular weight excluding hydrogens is 378 g/mol. The van der Waals surface area contributed by atoms with Crippen LogP contribution in [-0.4, -0.2) is 39.4 Å². The first-order valence-corrected chi connectivity index (χ1v) is 10.4. The summed E-state index contributed by atoms with van der Waals surface area (Å²) in [7, 11) is 0. The molecule has 0 radical (unpaired) electrons. The minimum atomic E-state index is 0.138. The van der Waals surface area contributed by atoms with Crippen LogP contribution in [0.15, 0.2) is 60.1 Å². The predicted octanol–water partition coefficient (Wildman–Crippen LogP) is 4.28. The van der Waals surface area contributed by atoms with E-state index in [2.05, 4.69) is 44.1 Å². The van der Waals surface area contributed by atoms with Crippen LogP contribution >= 0.6 is 22.9 Å². The van der Waals surface area contributed by atoms with Gasteiger partial charge in [0.05, 0.1) is 18.6 Å². The molecule has 4 nitrogen and oxygen atoms in total. The van der Waals surface area contributed by atoms with Crippen LogP contribution in [-0.2, 0) is 13.1 Å². The Hall–Kier alpha value is -2.08. The number of aromatic nitrogens is 1. The molecule has 0 spiro atoms. The number of likely N-dealkylation sites (tertiary alicyclic amines) is 1. The van der Waals surface area contributed by atoms with E-state index in [-0.39, 0.29) is 11.9 Å². The number of halogens is 1. The van der Waals surface area contributed by atoms with Gasteiger partial charge in [0.1, 0.15) is 5.69 Å². The molecule has 1 saturated heterocycles.